The summed E-state index contributed by atoms with van der Waals surface area (Å²) in [7, 11) is 1.34. The van der Waals surface area contributed by atoms with E-state index < -0.39 is 11.9 Å². The van der Waals surface area contributed by atoms with Crippen LogP contribution in [0.3, 0.4) is 0 Å². The summed E-state index contributed by atoms with van der Waals surface area (Å²) in [6.45, 7) is 2.37. The van der Waals surface area contributed by atoms with Crippen molar-refractivity contribution in [2.75, 3.05) is 13.7 Å². The highest BCUT2D eigenvalue weighted by Crippen LogP contribution is 2.17. The van der Waals surface area contributed by atoms with Crippen LogP contribution in [0.2, 0.25) is 0 Å². The SMILES string of the molecule is CCCCCCCC(=O)C(CCCCCCO)C(=O)OC. The van der Waals surface area contributed by atoms with E-state index in [0.717, 1.165) is 44.9 Å². The molecule has 0 aliphatic rings. The van der Waals surface area contributed by atoms with E-state index in [0.29, 0.717) is 12.8 Å². The number of hydrogen-bond acceptors (Lipinski definition) is 4. The van der Waals surface area contributed by atoms with Gasteiger partial charge in [0, 0.05) is 13.0 Å². The lowest BCUT2D eigenvalue weighted by molar-refractivity contribution is -0.149. The fourth-order valence-corrected chi connectivity index (χ4v) is 2.44. The topological polar surface area (TPSA) is 63.6 Å². The second-order valence-corrected chi connectivity index (χ2v) is 5.63. The minimum Gasteiger partial charge on any atom is -0.468 e. The average Bonchev–Trinajstić information content (AvgIpc) is 2.49. The van der Waals surface area contributed by atoms with Crippen LogP contribution in [0, 0.1) is 5.92 Å². The zero-order chi connectivity index (χ0) is 15.9. The quantitative estimate of drug-likeness (QED) is 0.302. The number of unbranched alkanes of at least 4 members (excludes halogenated alkanes) is 7. The number of hydrogen-bond donors (Lipinski definition) is 1. The van der Waals surface area contributed by atoms with Gasteiger partial charge in [0.15, 0.2) is 0 Å². The highest BCUT2D eigenvalue weighted by molar-refractivity contribution is 5.98. The molecule has 0 fully saturated rings. The molecule has 0 aliphatic heterocycles. The van der Waals surface area contributed by atoms with Gasteiger partial charge in [-0.25, -0.2) is 0 Å². The number of methoxy groups -OCH3 is 1. The Balaban J connectivity index is 4.02. The van der Waals surface area contributed by atoms with Gasteiger partial charge in [0.05, 0.1) is 7.11 Å². The molecule has 1 unspecified atom stereocenters. The molecule has 0 spiro atoms. The normalized spacial score (nSPS) is 12.1. The molecule has 0 saturated carbocycles. The van der Waals surface area contributed by atoms with Crippen molar-refractivity contribution in [1.82, 2.24) is 0 Å². The summed E-state index contributed by atoms with van der Waals surface area (Å²) < 4.78 is 4.76. The Morgan fingerprint density at radius 3 is 2.19 bits per heavy atom. The summed E-state index contributed by atoms with van der Waals surface area (Å²) in [5.74, 6) is -0.952. The largest absolute Gasteiger partial charge is 0.468 e. The molecule has 4 heteroatoms. The third-order valence-corrected chi connectivity index (χ3v) is 3.80. The molecule has 0 radical (unpaired) electrons. The predicted octanol–water partition coefficient (Wildman–Crippen LogP) is 3.65. The van der Waals surface area contributed by atoms with Crippen molar-refractivity contribution in [2.45, 2.75) is 77.6 Å². The maximum absolute atomic E-state index is 12.2. The molecule has 0 rings (SSSR count). The van der Waals surface area contributed by atoms with Gasteiger partial charge in [-0.2, -0.15) is 0 Å². The maximum Gasteiger partial charge on any atom is 0.316 e. The summed E-state index contributed by atoms with van der Waals surface area (Å²) >= 11 is 0. The van der Waals surface area contributed by atoms with Crippen LogP contribution in [0.25, 0.3) is 0 Å². The van der Waals surface area contributed by atoms with Gasteiger partial charge in [-0.1, -0.05) is 51.9 Å². The molecule has 1 N–H and O–H groups in total. The van der Waals surface area contributed by atoms with Crippen molar-refractivity contribution in [1.29, 1.82) is 0 Å². The monoisotopic (exact) mass is 300 g/mol. The predicted molar refractivity (Wildman–Crippen MR) is 84.1 cm³/mol. The van der Waals surface area contributed by atoms with Crippen molar-refractivity contribution < 1.29 is 19.4 Å². The highest BCUT2D eigenvalue weighted by Gasteiger charge is 2.26. The summed E-state index contributed by atoms with van der Waals surface area (Å²) in [5.41, 5.74) is 0. The number of Topliss-reactive ketones (excluding diaryl/α,β-unsaturated/α-hetero) is 1. The van der Waals surface area contributed by atoms with E-state index in [4.69, 9.17) is 9.84 Å². The number of aliphatic hydroxyl groups is 1. The number of carbonyl (C=O) groups excluding carboxylic acids is 2. The molecule has 0 aromatic rings. The summed E-state index contributed by atoms with van der Waals surface area (Å²) in [4.78, 5) is 23.9. The van der Waals surface area contributed by atoms with Gasteiger partial charge >= 0.3 is 5.97 Å². The van der Waals surface area contributed by atoms with E-state index in [-0.39, 0.29) is 12.4 Å². The summed E-state index contributed by atoms with van der Waals surface area (Å²) in [6.07, 6.45) is 10.1. The average molecular weight is 300 g/mol. The minimum absolute atomic E-state index is 0.0282. The number of carbonyl (C=O) groups is 2. The minimum atomic E-state index is -0.588. The molecule has 0 amide bonds. The van der Waals surface area contributed by atoms with Gasteiger partial charge < -0.3 is 9.84 Å². The molecular formula is C17H32O4. The van der Waals surface area contributed by atoms with Crippen LogP contribution in [-0.2, 0) is 14.3 Å². The lowest BCUT2D eigenvalue weighted by Gasteiger charge is -2.13. The second kappa shape index (κ2) is 14.1. The van der Waals surface area contributed by atoms with E-state index in [2.05, 4.69) is 6.92 Å². The van der Waals surface area contributed by atoms with Crippen molar-refractivity contribution in [2.24, 2.45) is 5.92 Å². The number of esters is 1. The van der Waals surface area contributed by atoms with E-state index >= 15 is 0 Å². The molecule has 0 aromatic carbocycles. The molecule has 0 aliphatic carbocycles. The molecule has 0 bridgehead atoms. The first-order chi connectivity index (χ1) is 10.2. The fraction of sp³-hybridized carbons (Fsp3) is 0.882. The van der Waals surface area contributed by atoms with Gasteiger partial charge in [-0.3, -0.25) is 9.59 Å². The number of ketones is 1. The van der Waals surface area contributed by atoms with Crippen LogP contribution < -0.4 is 0 Å². The Bertz CT molecular complexity index is 276. The second-order valence-electron chi connectivity index (χ2n) is 5.63. The van der Waals surface area contributed by atoms with Gasteiger partial charge in [0.1, 0.15) is 11.7 Å². The Labute approximate surface area is 129 Å². The van der Waals surface area contributed by atoms with Gasteiger partial charge in [0.25, 0.3) is 0 Å². The van der Waals surface area contributed by atoms with Gasteiger partial charge in [-0.15, -0.1) is 0 Å². The molecular weight excluding hydrogens is 268 g/mol. The van der Waals surface area contributed by atoms with E-state index in [1.54, 1.807) is 0 Å². The first-order valence-corrected chi connectivity index (χ1v) is 8.38. The van der Waals surface area contributed by atoms with E-state index in [1.807, 2.05) is 0 Å². The molecule has 124 valence electrons. The molecule has 0 aromatic heterocycles. The standard InChI is InChI=1S/C17H32O4/c1-3-4-5-6-10-13-16(19)15(17(20)21-2)12-9-7-8-11-14-18/h15,18H,3-14H2,1-2H3. The van der Waals surface area contributed by atoms with E-state index in [1.165, 1.54) is 20.0 Å². The van der Waals surface area contributed by atoms with Crippen LogP contribution in [0.4, 0.5) is 0 Å². The van der Waals surface area contributed by atoms with E-state index in [9.17, 15) is 9.59 Å². The number of aliphatic hydroxyl groups excluding tert-OH is 1. The lowest BCUT2D eigenvalue weighted by Crippen LogP contribution is -2.25. The summed E-state index contributed by atoms with van der Waals surface area (Å²) in [6, 6.07) is 0. The molecule has 0 heterocycles. The Morgan fingerprint density at radius 2 is 1.57 bits per heavy atom. The third kappa shape index (κ3) is 10.5. The van der Waals surface area contributed by atoms with Crippen LogP contribution in [0.5, 0.6) is 0 Å². The van der Waals surface area contributed by atoms with Crippen LogP contribution in [0.15, 0.2) is 0 Å². The van der Waals surface area contributed by atoms with Crippen molar-refractivity contribution in [3.8, 4) is 0 Å². The number of ether oxygens (including phenoxy) is 1. The summed E-state index contributed by atoms with van der Waals surface area (Å²) in [5, 5.41) is 8.72. The first kappa shape index (κ1) is 20.1. The van der Waals surface area contributed by atoms with Crippen molar-refractivity contribution in [3.05, 3.63) is 0 Å². The molecule has 1 atom stereocenters. The lowest BCUT2D eigenvalue weighted by atomic mass is 9.93. The van der Waals surface area contributed by atoms with Crippen molar-refractivity contribution in [3.63, 3.8) is 0 Å². The third-order valence-electron chi connectivity index (χ3n) is 3.80. The van der Waals surface area contributed by atoms with Crippen LogP contribution in [-0.4, -0.2) is 30.6 Å². The molecule has 0 saturated heterocycles. The Morgan fingerprint density at radius 1 is 0.952 bits per heavy atom. The molecule has 21 heavy (non-hydrogen) atoms. The Hall–Kier alpha value is -0.900. The first-order valence-electron chi connectivity index (χ1n) is 8.38. The zero-order valence-electron chi connectivity index (χ0n) is 13.7. The molecule has 4 nitrogen and oxygen atoms in total. The van der Waals surface area contributed by atoms with Crippen molar-refractivity contribution >= 4 is 11.8 Å². The smallest absolute Gasteiger partial charge is 0.316 e. The van der Waals surface area contributed by atoms with Gasteiger partial charge in [-0.05, 0) is 19.3 Å². The van der Waals surface area contributed by atoms with Gasteiger partial charge in [0.2, 0.25) is 0 Å². The van der Waals surface area contributed by atoms with Crippen LogP contribution >= 0.6 is 0 Å². The maximum atomic E-state index is 12.2. The Kier molecular flexibility index (Phi) is 13.5. The fourth-order valence-electron chi connectivity index (χ4n) is 2.44. The van der Waals surface area contributed by atoms with Crippen LogP contribution in [0.1, 0.15) is 77.6 Å². The number of rotatable bonds is 14. The zero-order valence-corrected chi connectivity index (χ0v) is 13.7. The highest BCUT2D eigenvalue weighted by atomic mass is 16.5.